The van der Waals surface area contributed by atoms with Crippen LogP contribution in [0.15, 0.2) is 11.6 Å². The van der Waals surface area contributed by atoms with Crippen LogP contribution in [-0.2, 0) is 57.3 Å². The van der Waals surface area contributed by atoms with E-state index in [1.54, 1.807) is 6.92 Å². The second-order valence-electron chi connectivity index (χ2n) is 23.4. The van der Waals surface area contributed by atoms with Crippen LogP contribution in [0.1, 0.15) is 106 Å². The Kier molecular flexibility index (Phi) is 17.4. The number of carbonyl (C=O) groups excluding carboxylic acids is 1. The lowest BCUT2D eigenvalue weighted by Crippen LogP contribution is -2.66. The van der Waals surface area contributed by atoms with Crippen molar-refractivity contribution in [3.63, 3.8) is 0 Å². The first-order chi connectivity index (χ1) is 34.0. The van der Waals surface area contributed by atoms with E-state index in [0.717, 1.165) is 6.42 Å². The van der Waals surface area contributed by atoms with E-state index in [1.165, 1.54) is 19.4 Å². The molecule has 0 spiro atoms. The molecule has 0 aromatic carbocycles. The maximum absolute atomic E-state index is 13.1. The van der Waals surface area contributed by atoms with Gasteiger partial charge in [0, 0.05) is 12.8 Å². The maximum atomic E-state index is 13.1. The average molecular weight is 1070 g/mol. The summed E-state index contributed by atoms with van der Waals surface area (Å²) in [5.41, 5.74) is -1.10. The van der Waals surface area contributed by atoms with E-state index in [1.807, 2.05) is 13.8 Å². The molecule has 420 valence electrons. The summed E-state index contributed by atoms with van der Waals surface area (Å²) in [6, 6.07) is 0. The number of hydrogen-bond acceptors (Lipinski definition) is 22. The molecule has 4 aliphatic carbocycles. The molecule has 0 aromatic heterocycles. The van der Waals surface area contributed by atoms with Crippen molar-refractivity contribution in [1.82, 2.24) is 0 Å². The van der Waals surface area contributed by atoms with Crippen molar-refractivity contribution in [3.05, 3.63) is 11.6 Å². The molecule has 4 saturated heterocycles. The lowest BCUT2D eigenvalue weighted by atomic mass is 9.47. The van der Waals surface area contributed by atoms with Gasteiger partial charge in [-0.15, -0.1) is 0 Å². The van der Waals surface area contributed by atoms with Crippen LogP contribution >= 0.6 is 0 Å². The predicted octanol–water partition coefficient (Wildman–Crippen LogP) is -0.889. The van der Waals surface area contributed by atoms with Gasteiger partial charge in [-0.1, -0.05) is 39.3 Å². The molecule has 27 atom stereocenters. The average Bonchev–Trinajstić information content (AvgIpc) is 3.67. The highest BCUT2D eigenvalue weighted by atomic mass is 32.3. The largest absolute Gasteiger partial charge is 0.397 e. The Bertz CT molecular complexity index is 2060. The van der Waals surface area contributed by atoms with E-state index in [-0.39, 0.29) is 42.3 Å². The standard InChI is InChI=1S/C49H80O23S/c1-20(2)14-23(50)17-49(7,60)32-9-8-26-25-16-30(28-15-24(72-73(61,62)63)10-12-47(28,5)27(25)11-13-48(26,32)6)68-45-40(59)41(34(53)22(4)67-45)70-46-42(71-44-39(58)37(56)33(52)21(3)66-44)36(55)31(19-65-46)69-43-38(57)35(54)29(51)18-64-43/h11,20-22,24-26,28-46,51-60H,8-10,12-19H2,1-7H3,(H,61,62,63)/t21?,22?,24-,25?,26?,28?,29?,30-,31?,32-,33?,34?,35?,36?,37?,38?,39?,40?,41?,42?,43?,44?,45?,46?,47+,48-,49-/m0/s1. The second kappa shape index (κ2) is 22.0. The molecule has 0 amide bonds. The number of ether oxygens (including phenoxy) is 8. The minimum Gasteiger partial charge on any atom is -0.389 e. The van der Waals surface area contributed by atoms with Crippen LogP contribution in [-0.4, -0.2) is 211 Å². The summed E-state index contributed by atoms with van der Waals surface area (Å²) in [6.45, 7) is 12.0. The van der Waals surface area contributed by atoms with E-state index >= 15 is 0 Å². The summed E-state index contributed by atoms with van der Waals surface area (Å²) < 4.78 is 87.4. The Morgan fingerprint density at radius 3 is 2.01 bits per heavy atom. The van der Waals surface area contributed by atoms with Crippen molar-refractivity contribution in [2.45, 2.75) is 235 Å². The van der Waals surface area contributed by atoms with Crippen molar-refractivity contribution in [2.24, 2.45) is 40.4 Å². The Morgan fingerprint density at radius 2 is 1.34 bits per heavy atom. The first-order valence-electron chi connectivity index (χ1n) is 25.9. The summed E-state index contributed by atoms with van der Waals surface area (Å²) in [4.78, 5) is 13.1. The van der Waals surface area contributed by atoms with E-state index in [9.17, 15) is 68.8 Å². The minimum atomic E-state index is -4.84. The number of Topliss-reactive ketones (excluding diaryl/α,β-unsaturated/α-hetero) is 1. The van der Waals surface area contributed by atoms with Crippen LogP contribution in [0.3, 0.4) is 0 Å². The first-order valence-corrected chi connectivity index (χ1v) is 27.3. The number of aliphatic hydroxyl groups is 10. The summed E-state index contributed by atoms with van der Waals surface area (Å²) in [5, 5.41) is 111. The van der Waals surface area contributed by atoms with Crippen molar-refractivity contribution >= 4 is 16.2 Å². The number of fused-ring (bicyclic) bond motifs is 5. The Morgan fingerprint density at radius 1 is 0.726 bits per heavy atom. The van der Waals surface area contributed by atoms with Gasteiger partial charge in [-0.05, 0) is 106 Å². The fourth-order valence-electron chi connectivity index (χ4n) is 14.1. The zero-order valence-corrected chi connectivity index (χ0v) is 43.3. The van der Waals surface area contributed by atoms with Crippen LogP contribution in [0.5, 0.6) is 0 Å². The van der Waals surface area contributed by atoms with Crippen molar-refractivity contribution in [1.29, 1.82) is 0 Å². The molecular formula is C49H80O23S. The van der Waals surface area contributed by atoms with E-state index in [0.29, 0.717) is 38.5 Å². The molecule has 8 rings (SSSR count). The number of ketones is 1. The summed E-state index contributed by atoms with van der Waals surface area (Å²) in [7, 11) is -4.84. The molecule has 7 fully saturated rings. The monoisotopic (exact) mass is 1070 g/mol. The van der Waals surface area contributed by atoms with Gasteiger partial charge in [0.15, 0.2) is 25.2 Å². The van der Waals surface area contributed by atoms with E-state index in [2.05, 4.69) is 19.9 Å². The molecular weight excluding hydrogens is 989 g/mol. The topological polar surface area (TPSA) is 357 Å². The van der Waals surface area contributed by atoms with Gasteiger partial charge in [-0.2, -0.15) is 8.42 Å². The highest BCUT2D eigenvalue weighted by Gasteiger charge is 2.63. The second-order valence-corrected chi connectivity index (χ2v) is 24.5. The third-order valence-electron chi connectivity index (χ3n) is 17.8. The molecule has 3 saturated carbocycles. The van der Waals surface area contributed by atoms with Crippen molar-refractivity contribution < 1.29 is 111 Å². The SMILES string of the molecule is CC(C)CC(=O)C[C@](C)(O)[C@H]1CCC2C3C[C@H](OC4OC(C)C(O)C(OC5OCC(OC6OCC(O)C(O)C6O)C(O)C5OC5OC(C)C(O)C(O)C5O)C4O)C4C[C@@H](OS(=O)(=O)O)CC[C@]4(C)C3=CC[C@@]21C. The quantitative estimate of drug-likeness (QED) is 0.0700. The molecule has 4 heterocycles. The zero-order chi connectivity index (χ0) is 53.4. The number of allylic oxidation sites excluding steroid dienone is 2. The van der Waals surface area contributed by atoms with Gasteiger partial charge in [-0.3, -0.25) is 9.35 Å². The normalized spacial score (nSPS) is 50.3. The smallest absolute Gasteiger partial charge is 0.389 e. The minimum absolute atomic E-state index is 0.00564. The molecule has 21 unspecified atom stereocenters. The molecule has 0 aromatic rings. The highest BCUT2D eigenvalue weighted by Crippen LogP contribution is 2.67. The van der Waals surface area contributed by atoms with Gasteiger partial charge in [0.25, 0.3) is 0 Å². The maximum Gasteiger partial charge on any atom is 0.397 e. The molecule has 4 aliphatic heterocycles. The van der Waals surface area contributed by atoms with Crippen LogP contribution < -0.4 is 0 Å². The van der Waals surface area contributed by atoms with E-state index in [4.69, 9.17) is 42.1 Å². The molecule has 0 bridgehead atoms. The fraction of sp³-hybridized carbons (Fsp3) is 0.939. The van der Waals surface area contributed by atoms with Crippen LogP contribution in [0.2, 0.25) is 0 Å². The third kappa shape index (κ3) is 11.5. The summed E-state index contributed by atoms with van der Waals surface area (Å²) >= 11 is 0. The lowest BCUT2D eigenvalue weighted by Gasteiger charge is -2.60. The van der Waals surface area contributed by atoms with Crippen LogP contribution in [0.4, 0.5) is 0 Å². The zero-order valence-electron chi connectivity index (χ0n) is 42.5. The molecule has 73 heavy (non-hydrogen) atoms. The molecule has 11 N–H and O–H groups in total. The molecule has 0 radical (unpaired) electrons. The summed E-state index contributed by atoms with van der Waals surface area (Å²) in [6.07, 6.45) is -24.3. The summed E-state index contributed by atoms with van der Waals surface area (Å²) in [5.74, 6) is -0.571. The van der Waals surface area contributed by atoms with Crippen molar-refractivity contribution in [2.75, 3.05) is 13.2 Å². The number of carbonyl (C=O) groups is 1. The predicted molar refractivity (Wildman–Crippen MR) is 248 cm³/mol. The Labute approximate surface area is 425 Å². The molecule has 24 heteroatoms. The molecule has 23 nitrogen and oxygen atoms in total. The van der Waals surface area contributed by atoms with Gasteiger partial charge in [0.05, 0.1) is 43.2 Å². The third-order valence-corrected chi connectivity index (χ3v) is 18.3. The van der Waals surface area contributed by atoms with E-state index < -0.39 is 169 Å². The van der Waals surface area contributed by atoms with Gasteiger partial charge >= 0.3 is 10.4 Å². The van der Waals surface area contributed by atoms with Gasteiger partial charge < -0.3 is 89.0 Å². The number of rotatable bonds is 15. The lowest BCUT2D eigenvalue weighted by molar-refractivity contribution is -0.388. The van der Waals surface area contributed by atoms with Gasteiger partial charge in [0.2, 0.25) is 0 Å². The van der Waals surface area contributed by atoms with Gasteiger partial charge in [0.1, 0.15) is 79.0 Å². The fourth-order valence-corrected chi connectivity index (χ4v) is 14.6. The van der Waals surface area contributed by atoms with Crippen LogP contribution in [0.25, 0.3) is 0 Å². The molecule has 8 aliphatic rings. The number of hydrogen-bond donors (Lipinski definition) is 11. The Balaban J connectivity index is 1.06. The highest BCUT2D eigenvalue weighted by molar-refractivity contribution is 7.80. The first kappa shape index (κ1) is 57.7. The van der Waals surface area contributed by atoms with Crippen LogP contribution in [0, 0.1) is 40.4 Å². The number of aliphatic hydroxyl groups excluding tert-OH is 9. The Hall–Kier alpha value is -1.44. The van der Waals surface area contributed by atoms with Crippen molar-refractivity contribution in [3.8, 4) is 0 Å². The van der Waals surface area contributed by atoms with Gasteiger partial charge in [-0.25, -0.2) is 4.18 Å².